The Morgan fingerprint density at radius 3 is 2.70 bits per heavy atom. The SMILES string of the molecule is CCOC(=O)[C@]1(Cc2cccc(OC)c2)CCCN(C(=O)c2cc(C)nc(C)n2)C1. The molecule has 2 heterocycles. The summed E-state index contributed by atoms with van der Waals surface area (Å²) in [5.41, 5.74) is 1.29. The number of hydrogen-bond donors (Lipinski definition) is 0. The van der Waals surface area contributed by atoms with Gasteiger partial charge >= 0.3 is 5.97 Å². The topological polar surface area (TPSA) is 81.6 Å². The average Bonchev–Trinajstić information content (AvgIpc) is 2.73. The maximum absolute atomic E-state index is 13.2. The maximum Gasteiger partial charge on any atom is 0.314 e. The largest absolute Gasteiger partial charge is 0.497 e. The molecule has 160 valence electrons. The van der Waals surface area contributed by atoms with Crippen LogP contribution in [0.4, 0.5) is 0 Å². The predicted molar refractivity (Wildman–Crippen MR) is 112 cm³/mol. The molecule has 3 rings (SSSR count). The van der Waals surface area contributed by atoms with Crippen molar-refractivity contribution in [1.29, 1.82) is 0 Å². The first kappa shape index (κ1) is 21.7. The molecule has 7 heteroatoms. The predicted octanol–water partition coefficient (Wildman–Crippen LogP) is 3.13. The fraction of sp³-hybridized carbons (Fsp3) is 0.478. The Morgan fingerprint density at radius 1 is 1.20 bits per heavy atom. The summed E-state index contributed by atoms with van der Waals surface area (Å²) < 4.78 is 10.8. The van der Waals surface area contributed by atoms with Crippen LogP contribution in [0.25, 0.3) is 0 Å². The third-order valence-corrected chi connectivity index (χ3v) is 5.43. The summed E-state index contributed by atoms with van der Waals surface area (Å²) in [7, 11) is 1.62. The van der Waals surface area contributed by atoms with Crippen LogP contribution in [0.15, 0.2) is 30.3 Å². The van der Waals surface area contributed by atoms with Gasteiger partial charge in [-0.15, -0.1) is 0 Å². The van der Waals surface area contributed by atoms with Gasteiger partial charge in [-0.25, -0.2) is 9.97 Å². The number of likely N-dealkylation sites (tertiary alicyclic amines) is 1. The summed E-state index contributed by atoms with van der Waals surface area (Å²) in [4.78, 5) is 36.5. The Labute approximate surface area is 177 Å². The number of methoxy groups -OCH3 is 1. The molecule has 1 aromatic carbocycles. The van der Waals surface area contributed by atoms with E-state index in [1.54, 1.807) is 31.9 Å². The molecule has 0 saturated carbocycles. The zero-order valence-electron chi connectivity index (χ0n) is 18.1. The van der Waals surface area contributed by atoms with Gasteiger partial charge in [-0.1, -0.05) is 12.1 Å². The second-order valence-electron chi connectivity index (χ2n) is 7.80. The average molecular weight is 412 g/mol. The highest BCUT2D eigenvalue weighted by molar-refractivity contribution is 5.93. The van der Waals surface area contributed by atoms with Gasteiger partial charge in [0.1, 0.15) is 17.3 Å². The van der Waals surface area contributed by atoms with Gasteiger partial charge in [0.2, 0.25) is 0 Å². The van der Waals surface area contributed by atoms with Gasteiger partial charge in [-0.3, -0.25) is 9.59 Å². The van der Waals surface area contributed by atoms with Gasteiger partial charge in [0.05, 0.1) is 19.1 Å². The van der Waals surface area contributed by atoms with Crippen molar-refractivity contribution in [3.05, 3.63) is 53.1 Å². The first-order valence-corrected chi connectivity index (χ1v) is 10.3. The minimum Gasteiger partial charge on any atom is -0.497 e. The van der Waals surface area contributed by atoms with Crippen molar-refractivity contribution >= 4 is 11.9 Å². The van der Waals surface area contributed by atoms with Gasteiger partial charge in [-0.2, -0.15) is 0 Å². The minimum atomic E-state index is -0.798. The fourth-order valence-electron chi connectivity index (χ4n) is 4.13. The second kappa shape index (κ2) is 9.24. The van der Waals surface area contributed by atoms with Crippen molar-refractivity contribution in [3.8, 4) is 5.75 Å². The van der Waals surface area contributed by atoms with Crippen molar-refractivity contribution in [2.24, 2.45) is 5.41 Å². The highest BCUT2D eigenvalue weighted by atomic mass is 16.5. The molecule has 1 aromatic heterocycles. The second-order valence-corrected chi connectivity index (χ2v) is 7.80. The van der Waals surface area contributed by atoms with Crippen LogP contribution in [0.3, 0.4) is 0 Å². The molecular weight excluding hydrogens is 382 g/mol. The number of rotatable bonds is 6. The molecule has 1 saturated heterocycles. The van der Waals surface area contributed by atoms with E-state index < -0.39 is 5.41 Å². The number of amides is 1. The molecular formula is C23H29N3O4. The highest BCUT2D eigenvalue weighted by Crippen LogP contribution is 2.36. The summed E-state index contributed by atoms with van der Waals surface area (Å²) >= 11 is 0. The molecule has 0 bridgehead atoms. The number of esters is 1. The maximum atomic E-state index is 13.2. The van der Waals surface area contributed by atoms with Crippen LogP contribution in [0.2, 0.25) is 0 Å². The van der Waals surface area contributed by atoms with Gasteiger partial charge < -0.3 is 14.4 Å². The van der Waals surface area contributed by atoms with Crippen LogP contribution in [-0.4, -0.2) is 53.6 Å². The lowest BCUT2D eigenvalue weighted by molar-refractivity contribution is -0.158. The Bertz CT molecular complexity index is 910. The molecule has 1 aliphatic heterocycles. The number of piperidine rings is 1. The van der Waals surface area contributed by atoms with Gasteiger partial charge in [0, 0.05) is 18.8 Å². The van der Waals surface area contributed by atoms with E-state index in [1.807, 2.05) is 31.2 Å². The fourth-order valence-corrected chi connectivity index (χ4v) is 4.13. The molecule has 2 aromatic rings. The summed E-state index contributed by atoms with van der Waals surface area (Å²) in [6, 6.07) is 9.38. The summed E-state index contributed by atoms with van der Waals surface area (Å²) in [5.74, 6) is 0.855. The first-order valence-electron chi connectivity index (χ1n) is 10.3. The van der Waals surface area contributed by atoms with E-state index in [0.717, 1.165) is 23.4 Å². The zero-order valence-corrected chi connectivity index (χ0v) is 18.1. The molecule has 0 aliphatic carbocycles. The van der Waals surface area contributed by atoms with E-state index in [2.05, 4.69) is 9.97 Å². The smallest absolute Gasteiger partial charge is 0.314 e. The molecule has 0 N–H and O–H groups in total. The van der Waals surface area contributed by atoms with E-state index in [0.29, 0.717) is 44.1 Å². The van der Waals surface area contributed by atoms with Crippen molar-refractivity contribution in [2.75, 3.05) is 26.8 Å². The number of hydrogen-bond acceptors (Lipinski definition) is 6. The number of carbonyl (C=O) groups excluding carboxylic acids is 2. The number of ether oxygens (including phenoxy) is 2. The lowest BCUT2D eigenvalue weighted by Crippen LogP contribution is -2.51. The third-order valence-electron chi connectivity index (χ3n) is 5.43. The number of aromatic nitrogens is 2. The van der Waals surface area contributed by atoms with Crippen molar-refractivity contribution in [2.45, 2.75) is 40.0 Å². The number of carbonyl (C=O) groups is 2. The molecule has 1 atom stereocenters. The van der Waals surface area contributed by atoms with Crippen LogP contribution in [-0.2, 0) is 16.0 Å². The van der Waals surface area contributed by atoms with E-state index >= 15 is 0 Å². The Kier molecular flexibility index (Phi) is 6.70. The van der Waals surface area contributed by atoms with Gasteiger partial charge in [0.15, 0.2) is 0 Å². The Balaban J connectivity index is 1.90. The first-order chi connectivity index (χ1) is 14.4. The van der Waals surface area contributed by atoms with Crippen molar-refractivity contribution in [3.63, 3.8) is 0 Å². The van der Waals surface area contributed by atoms with Gasteiger partial charge in [-0.05, 0) is 63.8 Å². The summed E-state index contributed by atoms with van der Waals surface area (Å²) in [5, 5.41) is 0. The van der Waals surface area contributed by atoms with E-state index in [4.69, 9.17) is 9.47 Å². The molecule has 1 amide bonds. The molecule has 1 fully saturated rings. The van der Waals surface area contributed by atoms with Crippen LogP contribution >= 0.6 is 0 Å². The molecule has 0 spiro atoms. The number of benzene rings is 1. The molecule has 30 heavy (non-hydrogen) atoms. The van der Waals surface area contributed by atoms with Crippen molar-refractivity contribution < 1.29 is 19.1 Å². The van der Waals surface area contributed by atoms with Crippen LogP contribution in [0.5, 0.6) is 5.75 Å². The molecule has 0 radical (unpaired) electrons. The third kappa shape index (κ3) is 4.78. The highest BCUT2D eigenvalue weighted by Gasteiger charge is 2.45. The molecule has 0 unspecified atom stereocenters. The summed E-state index contributed by atoms with van der Waals surface area (Å²) in [6.45, 7) is 6.59. The van der Waals surface area contributed by atoms with E-state index in [9.17, 15) is 9.59 Å². The van der Waals surface area contributed by atoms with E-state index in [1.165, 1.54) is 0 Å². The lowest BCUT2D eigenvalue weighted by atomic mass is 9.75. The van der Waals surface area contributed by atoms with Crippen LogP contribution in [0.1, 0.15) is 47.3 Å². The van der Waals surface area contributed by atoms with Crippen LogP contribution < -0.4 is 4.74 Å². The molecule has 7 nitrogen and oxygen atoms in total. The van der Waals surface area contributed by atoms with Gasteiger partial charge in [0.25, 0.3) is 5.91 Å². The number of aryl methyl sites for hydroxylation is 2. The molecule has 1 aliphatic rings. The quantitative estimate of drug-likeness (QED) is 0.680. The lowest BCUT2D eigenvalue weighted by Gasteiger charge is -2.41. The van der Waals surface area contributed by atoms with Crippen molar-refractivity contribution in [1.82, 2.24) is 14.9 Å². The standard InChI is InChI=1S/C23H29N3O4/c1-5-30-22(28)23(14-18-8-6-9-19(13-18)29-4)10-7-11-26(15-23)21(27)20-12-16(2)24-17(3)25-20/h6,8-9,12-13H,5,7,10-11,14-15H2,1-4H3/t23-/m0/s1. The minimum absolute atomic E-state index is 0.178. The Hall–Kier alpha value is -2.96. The monoisotopic (exact) mass is 411 g/mol. The number of nitrogens with zero attached hydrogens (tertiary/aromatic N) is 3. The Morgan fingerprint density at radius 2 is 2.00 bits per heavy atom. The summed E-state index contributed by atoms with van der Waals surface area (Å²) in [6.07, 6.45) is 1.86. The normalized spacial score (nSPS) is 18.7. The zero-order chi connectivity index (χ0) is 21.7. The van der Waals surface area contributed by atoms with Crippen LogP contribution in [0, 0.1) is 19.3 Å². The van der Waals surface area contributed by atoms with E-state index in [-0.39, 0.29) is 11.9 Å².